The normalized spacial score (nSPS) is 28.5. The molecule has 0 N–H and O–H groups in total. The van der Waals surface area contributed by atoms with E-state index in [1.807, 2.05) is 0 Å². The van der Waals surface area contributed by atoms with Gasteiger partial charge in [-0.2, -0.15) is 0 Å². The summed E-state index contributed by atoms with van der Waals surface area (Å²) in [6, 6.07) is 0. The van der Waals surface area contributed by atoms with Gasteiger partial charge in [0.2, 0.25) is 0 Å². The quantitative estimate of drug-likeness (QED) is 0.516. The van der Waals surface area contributed by atoms with Gasteiger partial charge in [-0.1, -0.05) is 0 Å². The standard InChI is InChI=1S/C10H15FO4/c1-9(11)4-5-10(6-9,7(12)14-2)8(13)15-3/h4-6H2,1-3H3. The SMILES string of the molecule is COC(=O)C1(C(=O)OC)CCC(C)(F)C1. The van der Waals surface area contributed by atoms with Crippen LogP contribution in [0.15, 0.2) is 0 Å². The third-order valence-corrected chi connectivity index (χ3v) is 2.90. The second-order valence-electron chi connectivity index (χ2n) is 4.16. The molecule has 1 rings (SSSR count). The van der Waals surface area contributed by atoms with Gasteiger partial charge in [-0.3, -0.25) is 9.59 Å². The Bertz CT molecular complexity index is 269. The molecule has 1 fully saturated rings. The molecule has 0 aromatic carbocycles. The van der Waals surface area contributed by atoms with E-state index in [1.165, 1.54) is 21.1 Å². The molecule has 0 aromatic rings. The van der Waals surface area contributed by atoms with Gasteiger partial charge >= 0.3 is 11.9 Å². The van der Waals surface area contributed by atoms with Crippen LogP contribution in [-0.2, 0) is 19.1 Å². The summed E-state index contributed by atoms with van der Waals surface area (Å²) in [5.41, 5.74) is -2.96. The minimum absolute atomic E-state index is 0.138. The van der Waals surface area contributed by atoms with Crippen LogP contribution < -0.4 is 0 Å². The van der Waals surface area contributed by atoms with E-state index >= 15 is 0 Å². The van der Waals surface area contributed by atoms with E-state index in [1.54, 1.807) is 0 Å². The van der Waals surface area contributed by atoms with Gasteiger partial charge in [0.25, 0.3) is 0 Å². The highest BCUT2D eigenvalue weighted by Gasteiger charge is 2.57. The van der Waals surface area contributed by atoms with Gasteiger partial charge in [-0.25, -0.2) is 4.39 Å². The first-order valence-electron chi connectivity index (χ1n) is 4.74. The van der Waals surface area contributed by atoms with Crippen LogP contribution in [0.5, 0.6) is 0 Å². The van der Waals surface area contributed by atoms with Gasteiger partial charge in [0, 0.05) is 6.42 Å². The van der Waals surface area contributed by atoms with Crippen LogP contribution in [0.25, 0.3) is 0 Å². The van der Waals surface area contributed by atoms with Crippen LogP contribution in [0.2, 0.25) is 0 Å². The molecule has 1 atom stereocenters. The van der Waals surface area contributed by atoms with Crippen molar-refractivity contribution in [3.8, 4) is 0 Å². The summed E-state index contributed by atoms with van der Waals surface area (Å²) in [6.07, 6.45) is 0.135. The molecule has 86 valence electrons. The monoisotopic (exact) mass is 218 g/mol. The predicted octanol–water partition coefficient (Wildman–Crippen LogP) is 1.23. The largest absolute Gasteiger partial charge is 0.468 e. The summed E-state index contributed by atoms with van der Waals surface area (Å²) in [5, 5.41) is 0. The van der Waals surface area contributed by atoms with Crippen molar-refractivity contribution >= 4 is 11.9 Å². The Hall–Kier alpha value is -1.13. The third-order valence-electron chi connectivity index (χ3n) is 2.90. The second-order valence-corrected chi connectivity index (χ2v) is 4.16. The highest BCUT2D eigenvalue weighted by molar-refractivity contribution is 6.00. The number of hydrogen-bond acceptors (Lipinski definition) is 4. The number of carbonyl (C=O) groups excluding carboxylic acids is 2. The molecule has 15 heavy (non-hydrogen) atoms. The van der Waals surface area contributed by atoms with Crippen molar-refractivity contribution in [1.82, 2.24) is 0 Å². The molecular weight excluding hydrogens is 203 g/mol. The van der Waals surface area contributed by atoms with E-state index in [0.717, 1.165) is 0 Å². The van der Waals surface area contributed by atoms with Gasteiger partial charge in [0.05, 0.1) is 14.2 Å². The highest BCUT2D eigenvalue weighted by atomic mass is 19.1. The van der Waals surface area contributed by atoms with E-state index in [4.69, 9.17) is 0 Å². The molecule has 0 radical (unpaired) electrons. The Kier molecular flexibility index (Phi) is 3.02. The Balaban J connectivity index is 3.00. The Morgan fingerprint density at radius 1 is 1.13 bits per heavy atom. The molecule has 0 aliphatic heterocycles. The topological polar surface area (TPSA) is 52.6 Å². The average molecular weight is 218 g/mol. The molecule has 1 aliphatic carbocycles. The average Bonchev–Trinajstić information content (AvgIpc) is 2.53. The highest BCUT2D eigenvalue weighted by Crippen LogP contribution is 2.47. The van der Waals surface area contributed by atoms with Crippen molar-refractivity contribution in [3.63, 3.8) is 0 Å². The summed E-state index contributed by atoms with van der Waals surface area (Å²) in [6.45, 7) is 1.38. The van der Waals surface area contributed by atoms with E-state index in [0.29, 0.717) is 0 Å². The van der Waals surface area contributed by atoms with Gasteiger partial charge in [0.15, 0.2) is 5.41 Å². The lowest BCUT2D eigenvalue weighted by Crippen LogP contribution is -2.40. The Labute approximate surface area is 87.7 Å². The molecule has 1 saturated carbocycles. The fourth-order valence-electron chi connectivity index (χ4n) is 2.10. The number of esters is 2. The zero-order valence-electron chi connectivity index (χ0n) is 9.13. The number of rotatable bonds is 2. The number of carbonyl (C=O) groups is 2. The van der Waals surface area contributed by atoms with Crippen molar-refractivity contribution < 1.29 is 23.5 Å². The van der Waals surface area contributed by atoms with E-state index in [9.17, 15) is 14.0 Å². The maximum atomic E-state index is 13.7. The van der Waals surface area contributed by atoms with E-state index < -0.39 is 23.0 Å². The number of alkyl halides is 1. The molecule has 5 heteroatoms. The van der Waals surface area contributed by atoms with Crippen molar-refractivity contribution in [2.24, 2.45) is 5.41 Å². The van der Waals surface area contributed by atoms with Crippen molar-refractivity contribution in [3.05, 3.63) is 0 Å². The molecule has 0 aromatic heterocycles. The predicted molar refractivity (Wildman–Crippen MR) is 49.8 cm³/mol. The second kappa shape index (κ2) is 3.79. The molecule has 0 amide bonds. The van der Waals surface area contributed by atoms with E-state index in [-0.39, 0.29) is 19.3 Å². The molecule has 0 bridgehead atoms. The summed E-state index contributed by atoms with van der Waals surface area (Å²) >= 11 is 0. The lowest BCUT2D eigenvalue weighted by molar-refractivity contribution is -0.169. The summed E-state index contributed by atoms with van der Waals surface area (Å²) in [7, 11) is 2.36. The lowest BCUT2D eigenvalue weighted by Gasteiger charge is -2.23. The van der Waals surface area contributed by atoms with E-state index in [2.05, 4.69) is 9.47 Å². The number of ether oxygens (including phenoxy) is 2. The fourth-order valence-corrected chi connectivity index (χ4v) is 2.10. The third kappa shape index (κ3) is 1.96. The van der Waals surface area contributed by atoms with Crippen LogP contribution in [-0.4, -0.2) is 31.8 Å². The fraction of sp³-hybridized carbons (Fsp3) is 0.800. The summed E-state index contributed by atoms with van der Waals surface area (Å²) < 4.78 is 22.8. The summed E-state index contributed by atoms with van der Waals surface area (Å²) in [5.74, 6) is -1.42. The maximum Gasteiger partial charge on any atom is 0.323 e. The minimum Gasteiger partial charge on any atom is -0.468 e. The van der Waals surface area contributed by atoms with Crippen LogP contribution in [0.3, 0.4) is 0 Å². The Morgan fingerprint density at radius 3 is 1.87 bits per heavy atom. The molecular formula is C10H15FO4. The molecule has 4 nitrogen and oxygen atoms in total. The van der Waals surface area contributed by atoms with Crippen molar-refractivity contribution in [1.29, 1.82) is 0 Å². The van der Waals surface area contributed by atoms with Gasteiger partial charge in [-0.05, 0) is 19.8 Å². The molecule has 1 unspecified atom stereocenters. The van der Waals surface area contributed by atoms with Gasteiger partial charge in [-0.15, -0.1) is 0 Å². The smallest absolute Gasteiger partial charge is 0.323 e. The lowest BCUT2D eigenvalue weighted by atomic mass is 9.85. The zero-order valence-corrected chi connectivity index (χ0v) is 9.13. The van der Waals surface area contributed by atoms with Gasteiger partial charge in [0.1, 0.15) is 5.67 Å². The first kappa shape index (κ1) is 11.9. The molecule has 0 spiro atoms. The molecule has 0 saturated heterocycles. The van der Waals surface area contributed by atoms with Crippen LogP contribution in [0.1, 0.15) is 26.2 Å². The van der Waals surface area contributed by atoms with Crippen LogP contribution in [0.4, 0.5) is 4.39 Å². The maximum absolute atomic E-state index is 13.7. The minimum atomic E-state index is -1.51. The number of hydrogen-bond donors (Lipinski definition) is 0. The molecule has 0 heterocycles. The Morgan fingerprint density at radius 2 is 1.60 bits per heavy atom. The first-order valence-corrected chi connectivity index (χ1v) is 4.74. The van der Waals surface area contributed by atoms with Crippen LogP contribution in [0, 0.1) is 5.41 Å². The molecule has 1 aliphatic rings. The zero-order chi connectivity index (χ0) is 11.7. The van der Waals surface area contributed by atoms with Crippen molar-refractivity contribution in [2.45, 2.75) is 31.9 Å². The number of halogens is 1. The summed E-state index contributed by atoms with van der Waals surface area (Å²) in [4.78, 5) is 23.1. The van der Waals surface area contributed by atoms with Crippen molar-refractivity contribution in [2.75, 3.05) is 14.2 Å². The number of methoxy groups -OCH3 is 2. The van der Waals surface area contributed by atoms with Crippen LogP contribution >= 0.6 is 0 Å². The first-order chi connectivity index (χ1) is 6.88. The van der Waals surface area contributed by atoms with Gasteiger partial charge < -0.3 is 9.47 Å².